The molecular weight excluding hydrogens is 262 g/mol. The molecule has 112 valence electrons. The van der Waals surface area contributed by atoms with Crippen LogP contribution in [0.15, 0.2) is 48.5 Å². The van der Waals surface area contributed by atoms with Crippen molar-refractivity contribution in [1.29, 1.82) is 0 Å². The normalized spacial score (nSPS) is 10.4. The predicted octanol–water partition coefficient (Wildman–Crippen LogP) is 4.23. The Labute approximate surface area is 126 Å². The van der Waals surface area contributed by atoms with Gasteiger partial charge < -0.3 is 14.8 Å². The molecule has 2 rings (SSSR count). The molecule has 0 spiro atoms. The lowest BCUT2D eigenvalue weighted by atomic mass is 10.1. The Hall–Kier alpha value is -2.00. The minimum Gasteiger partial charge on any atom is -0.494 e. The van der Waals surface area contributed by atoms with Crippen molar-refractivity contribution in [2.24, 2.45) is 0 Å². The number of rotatable bonds is 8. The maximum absolute atomic E-state index is 5.57. The van der Waals surface area contributed by atoms with E-state index in [4.69, 9.17) is 9.47 Å². The first-order chi connectivity index (χ1) is 10.3. The molecule has 0 fully saturated rings. The zero-order chi connectivity index (χ0) is 14.9. The van der Waals surface area contributed by atoms with Crippen LogP contribution in [0.3, 0.4) is 0 Å². The Morgan fingerprint density at radius 2 is 1.76 bits per heavy atom. The van der Waals surface area contributed by atoms with E-state index in [1.807, 2.05) is 24.3 Å². The third kappa shape index (κ3) is 5.12. The van der Waals surface area contributed by atoms with E-state index in [1.165, 1.54) is 11.1 Å². The molecule has 0 bridgehead atoms. The maximum Gasteiger partial charge on any atom is 0.119 e. The SMILES string of the molecule is CCCOc1ccc(NCc2cccc(COC)c2)cc1. The molecule has 0 atom stereocenters. The van der Waals surface area contributed by atoms with Gasteiger partial charge in [0.15, 0.2) is 0 Å². The zero-order valence-corrected chi connectivity index (χ0v) is 12.8. The van der Waals surface area contributed by atoms with E-state index in [-0.39, 0.29) is 0 Å². The van der Waals surface area contributed by atoms with Crippen molar-refractivity contribution < 1.29 is 9.47 Å². The highest BCUT2D eigenvalue weighted by Crippen LogP contribution is 2.17. The summed E-state index contributed by atoms with van der Waals surface area (Å²) in [5, 5.41) is 3.42. The summed E-state index contributed by atoms with van der Waals surface area (Å²) in [6, 6.07) is 16.5. The average molecular weight is 285 g/mol. The van der Waals surface area contributed by atoms with Crippen molar-refractivity contribution in [2.75, 3.05) is 19.0 Å². The van der Waals surface area contributed by atoms with E-state index < -0.39 is 0 Å². The lowest BCUT2D eigenvalue weighted by Gasteiger charge is -2.09. The molecule has 0 aliphatic rings. The number of nitrogens with one attached hydrogen (secondary N) is 1. The second-order valence-electron chi connectivity index (χ2n) is 4.98. The van der Waals surface area contributed by atoms with Crippen LogP contribution >= 0.6 is 0 Å². The molecule has 0 saturated heterocycles. The van der Waals surface area contributed by atoms with Crippen LogP contribution in [0.25, 0.3) is 0 Å². The molecule has 3 heteroatoms. The molecule has 0 aromatic heterocycles. The van der Waals surface area contributed by atoms with E-state index in [9.17, 15) is 0 Å². The first kappa shape index (κ1) is 15.4. The first-order valence-corrected chi connectivity index (χ1v) is 7.35. The quantitative estimate of drug-likeness (QED) is 0.787. The molecule has 3 nitrogen and oxygen atoms in total. The second-order valence-corrected chi connectivity index (χ2v) is 4.98. The number of hydrogen-bond donors (Lipinski definition) is 1. The fraction of sp³-hybridized carbons (Fsp3) is 0.333. The third-order valence-corrected chi connectivity index (χ3v) is 3.13. The van der Waals surface area contributed by atoms with Gasteiger partial charge in [0.1, 0.15) is 5.75 Å². The highest BCUT2D eigenvalue weighted by Gasteiger charge is 1.98. The van der Waals surface area contributed by atoms with Gasteiger partial charge in [-0.2, -0.15) is 0 Å². The van der Waals surface area contributed by atoms with Crippen LogP contribution in [0.5, 0.6) is 5.75 Å². The number of methoxy groups -OCH3 is 1. The summed E-state index contributed by atoms with van der Waals surface area (Å²) in [4.78, 5) is 0. The molecule has 0 amide bonds. The van der Waals surface area contributed by atoms with Gasteiger partial charge in [-0.15, -0.1) is 0 Å². The van der Waals surface area contributed by atoms with Crippen LogP contribution in [0.1, 0.15) is 24.5 Å². The minimum absolute atomic E-state index is 0.650. The topological polar surface area (TPSA) is 30.5 Å². The van der Waals surface area contributed by atoms with E-state index in [0.717, 1.165) is 31.0 Å². The zero-order valence-electron chi connectivity index (χ0n) is 12.8. The number of ether oxygens (including phenoxy) is 2. The van der Waals surface area contributed by atoms with Gasteiger partial charge in [-0.1, -0.05) is 31.2 Å². The van der Waals surface area contributed by atoms with Gasteiger partial charge in [0.05, 0.1) is 13.2 Å². The fourth-order valence-corrected chi connectivity index (χ4v) is 2.09. The van der Waals surface area contributed by atoms with Gasteiger partial charge >= 0.3 is 0 Å². The smallest absolute Gasteiger partial charge is 0.119 e. The van der Waals surface area contributed by atoms with E-state index in [1.54, 1.807) is 7.11 Å². The van der Waals surface area contributed by atoms with Crippen LogP contribution in [0.4, 0.5) is 5.69 Å². The Bertz CT molecular complexity index is 537. The first-order valence-electron chi connectivity index (χ1n) is 7.35. The molecule has 0 heterocycles. The molecule has 21 heavy (non-hydrogen) atoms. The molecule has 0 aliphatic carbocycles. The predicted molar refractivity (Wildman–Crippen MR) is 86.7 cm³/mol. The summed E-state index contributed by atoms with van der Waals surface area (Å²) >= 11 is 0. The van der Waals surface area contributed by atoms with E-state index in [0.29, 0.717) is 6.61 Å². The summed E-state index contributed by atoms with van der Waals surface area (Å²) in [7, 11) is 1.72. The van der Waals surface area contributed by atoms with Crippen molar-refractivity contribution in [3.8, 4) is 5.75 Å². The van der Waals surface area contributed by atoms with Crippen molar-refractivity contribution in [2.45, 2.75) is 26.5 Å². The fourth-order valence-electron chi connectivity index (χ4n) is 2.09. The Balaban J connectivity index is 1.88. The van der Waals surface area contributed by atoms with E-state index >= 15 is 0 Å². The highest BCUT2D eigenvalue weighted by atomic mass is 16.5. The Kier molecular flexibility index (Phi) is 6.10. The van der Waals surface area contributed by atoms with Crippen molar-refractivity contribution >= 4 is 5.69 Å². The van der Waals surface area contributed by atoms with Crippen molar-refractivity contribution in [3.05, 3.63) is 59.7 Å². The number of anilines is 1. The number of benzene rings is 2. The lowest BCUT2D eigenvalue weighted by Crippen LogP contribution is -2.00. The molecule has 0 aliphatic heterocycles. The second kappa shape index (κ2) is 8.32. The monoisotopic (exact) mass is 285 g/mol. The van der Waals surface area contributed by atoms with Gasteiger partial charge in [-0.3, -0.25) is 0 Å². The Morgan fingerprint density at radius 3 is 2.48 bits per heavy atom. The molecular formula is C18H23NO2. The van der Waals surface area contributed by atoms with Crippen LogP contribution in [0, 0.1) is 0 Å². The molecule has 0 unspecified atom stereocenters. The summed E-state index contributed by atoms with van der Waals surface area (Å²) in [5.74, 6) is 0.921. The van der Waals surface area contributed by atoms with Gasteiger partial charge in [-0.05, 0) is 41.8 Å². The average Bonchev–Trinajstić information content (AvgIpc) is 2.53. The van der Waals surface area contributed by atoms with Gasteiger partial charge in [-0.25, -0.2) is 0 Å². The lowest BCUT2D eigenvalue weighted by molar-refractivity contribution is 0.185. The minimum atomic E-state index is 0.650. The van der Waals surface area contributed by atoms with Crippen molar-refractivity contribution in [1.82, 2.24) is 0 Å². The van der Waals surface area contributed by atoms with Gasteiger partial charge in [0.25, 0.3) is 0 Å². The maximum atomic E-state index is 5.57. The van der Waals surface area contributed by atoms with Crippen LogP contribution < -0.4 is 10.1 Å². The summed E-state index contributed by atoms with van der Waals surface area (Å²) < 4.78 is 10.7. The largest absolute Gasteiger partial charge is 0.494 e. The van der Waals surface area contributed by atoms with Crippen LogP contribution in [-0.2, 0) is 17.9 Å². The summed E-state index contributed by atoms with van der Waals surface area (Å²) in [6.07, 6.45) is 1.03. The highest BCUT2D eigenvalue weighted by molar-refractivity contribution is 5.46. The summed E-state index contributed by atoms with van der Waals surface area (Å²) in [5.41, 5.74) is 3.53. The van der Waals surface area contributed by atoms with Gasteiger partial charge in [0, 0.05) is 19.3 Å². The molecule has 2 aromatic rings. The summed E-state index contributed by atoms with van der Waals surface area (Å²) in [6.45, 7) is 4.32. The van der Waals surface area contributed by atoms with E-state index in [2.05, 4.69) is 36.5 Å². The molecule has 0 radical (unpaired) electrons. The van der Waals surface area contributed by atoms with Crippen molar-refractivity contribution in [3.63, 3.8) is 0 Å². The Morgan fingerprint density at radius 1 is 1.00 bits per heavy atom. The number of hydrogen-bond acceptors (Lipinski definition) is 3. The third-order valence-electron chi connectivity index (χ3n) is 3.13. The standard InChI is InChI=1S/C18H23NO2/c1-3-11-21-18-9-7-17(8-10-18)19-13-15-5-4-6-16(12-15)14-20-2/h4-10,12,19H,3,11,13-14H2,1-2H3. The van der Waals surface area contributed by atoms with Crippen LogP contribution in [-0.4, -0.2) is 13.7 Å². The molecule has 0 saturated carbocycles. The molecule has 1 N–H and O–H groups in total. The molecule has 2 aromatic carbocycles. The van der Waals surface area contributed by atoms with Gasteiger partial charge in [0.2, 0.25) is 0 Å². The van der Waals surface area contributed by atoms with Crippen LogP contribution in [0.2, 0.25) is 0 Å².